The molecule has 0 aromatic heterocycles. The third-order valence-corrected chi connectivity index (χ3v) is 7.46. The van der Waals surface area contributed by atoms with Crippen molar-refractivity contribution in [1.82, 2.24) is 5.32 Å². The van der Waals surface area contributed by atoms with Gasteiger partial charge in [0.05, 0.1) is 18.0 Å². The lowest BCUT2D eigenvalue weighted by molar-refractivity contribution is -0.0542. The topological polar surface area (TPSA) is 64.6 Å². The lowest BCUT2D eigenvalue weighted by Crippen LogP contribution is -2.49. The Kier molecular flexibility index (Phi) is 5.99. The zero-order valence-corrected chi connectivity index (χ0v) is 15.0. The fraction of sp³-hybridized carbons (Fsp3) is 1.00. The van der Waals surface area contributed by atoms with Crippen LogP contribution in [0.15, 0.2) is 0 Å². The molecule has 134 valence electrons. The fourth-order valence-corrected chi connectivity index (χ4v) is 5.48. The van der Waals surface area contributed by atoms with Crippen LogP contribution in [0, 0.1) is 5.92 Å². The Hall–Kier alpha value is -0.170. The van der Waals surface area contributed by atoms with Crippen LogP contribution in [0.3, 0.4) is 0 Å². The first-order valence-corrected chi connectivity index (χ1v) is 11.2. The first-order valence-electron chi connectivity index (χ1n) is 9.20. The second-order valence-corrected chi connectivity index (χ2v) is 9.85. The van der Waals surface area contributed by atoms with Gasteiger partial charge in [0.2, 0.25) is 0 Å². The van der Waals surface area contributed by atoms with Crippen LogP contribution in [0.1, 0.15) is 57.8 Å². The number of hydrogen-bond acceptors (Lipinski definition) is 5. The van der Waals surface area contributed by atoms with Crippen molar-refractivity contribution < 1.29 is 17.9 Å². The van der Waals surface area contributed by atoms with Gasteiger partial charge in [-0.3, -0.25) is 5.32 Å². The molecule has 3 fully saturated rings. The molecule has 1 N–H and O–H groups in total. The summed E-state index contributed by atoms with van der Waals surface area (Å²) in [4.78, 5) is 0. The third-order valence-electron chi connectivity index (χ3n) is 5.78. The van der Waals surface area contributed by atoms with E-state index in [1.54, 1.807) is 0 Å². The van der Waals surface area contributed by atoms with E-state index in [-0.39, 0.29) is 17.6 Å². The fourth-order valence-electron chi connectivity index (χ4n) is 4.35. The van der Waals surface area contributed by atoms with E-state index in [0.717, 1.165) is 51.6 Å². The van der Waals surface area contributed by atoms with Crippen LogP contribution in [-0.4, -0.2) is 51.5 Å². The summed E-state index contributed by atoms with van der Waals surface area (Å²) in [7, 11) is -2.87. The summed E-state index contributed by atoms with van der Waals surface area (Å²) < 4.78 is 35.0. The van der Waals surface area contributed by atoms with Gasteiger partial charge in [-0.15, -0.1) is 0 Å². The molecule has 1 saturated carbocycles. The van der Waals surface area contributed by atoms with Gasteiger partial charge in [-0.05, 0) is 63.7 Å². The molecule has 23 heavy (non-hydrogen) atoms. The zero-order chi connectivity index (χ0) is 16.3. The molecule has 2 saturated heterocycles. The highest BCUT2D eigenvalue weighted by atomic mass is 32.2. The van der Waals surface area contributed by atoms with Crippen molar-refractivity contribution in [3.63, 3.8) is 0 Å². The Bertz CT molecular complexity index is 467. The van der Waals surface area contributed by atoms with Gasteiger partial charge in [0, 0.05) is 18.9 Å². The largest absolute Gasteiger partial charge is 0.376 e. The molecule has 5 nitrogen and oxygen atoms in total. The Morgan fingerprint density at radius 2 is 1.83 bits per heavy atom. The highest BCUT2D eigenvalue weighted by Gasteiger charge is 2.34. The molecule has 3 rings (SSSR count). The van der Waals surface area contributed by atoms with E-state index in [1.807, 2.05) is 0 Å². The van der Waals surface area contributed by atoms with Gasteiger partial charge in [-0.2, -0.15) is 0 Å². The van der Waals surface area contributed by atoms with E-state index < -0.39 is 9.84 Å². The molecular weight excluding hydrogens is 314 g/mol. The first kappa shape index (κ1) is 17.6. The monoisotopic (exact) mass is 345 g/mol. The highest BCUT2D eigenvalue weighted by Crippen LogP contribution is 2.33. The summed E-state index contributed by atoms with van der Waals surface area (Å²) in [6.45, 7) is 1.57. The van der Waals surface area contributed by atoms with Crippen LogP contribution >= 0.6 is 0 Å². The van der Waals surface area contributed by atoms with Crippen molar-refractivity contribution in [2.24, 2.45) is 5.92 Å². The lowest BCUT2D eigenvalue weighted by atomic mass is 9.80. The Morgan fingerprint density at radius 1 is 1.04 bits per heavy atom. The second kappa shape index (κ2) is 7.81. The van der Waals surface area contributed by atoms with Crippen LogP contribution in [0.4, 0.5) is 0 Å². The Labute approximate surface area is 140 Å². The van der Waals surface area contributed by atoms with Gasteiger partial charge < -0.3 is 9.47 Å². The highest BCUT2D eigenvalue weighted by molar-refractivity contribution is 7.91. The molecule has 3 unspecified atom stereocenters. The van der Waals surface area contributed by atoms with Crippen LogP contribution < -0.4 is 5.32 Å². The summed E-state index contributed by atoms with van der Waals surface area (Å²) in [6.07, 6.45) is 11.2. The van der Waals surface area contributed by atoms with Crippen molar-refractivity contribution in [2.75, 3.05) is 19.5 Å². The minimum atomic E-state index is -2.87. The van der Waals surface area contributed by atoms with Gasteiger partial charge >= 0.3 is 0 Å². The van der Waals surface area contributed by atoms with E-state index >= 15 is 0 Å². The molecule has 6 heteroatoms. The van der Waals surface area contributed by atoms with E-state index in [1.165, 1.54) is 19.1 Å². The van der Waals surface area contributed by atoms with E-state index in [9.17, 15) is 8.42 Å². The minimum Gasteiger partial charge on any atom is -0.376 e. The molecule has 3 atom stereocenters. The second-order valence-electron chi connectivity index (χ2n) is 7.53. The molecule has 2 aliphatic heterocycles. The van der Waals surface area contributed by atoms with Gasteiger partial charge in [0.1, 0.15) is 16.1 Å². The van der Waals surface area contributed by atoms with Crippen molar-refractivity contribution in [1.29, 1.82) is 0 Å². The molecule has 0 bridgehead atoms. The molecule has 2 heterocycles. The number of piperidine rings is 1. The number of rotatable bonds is 5. The smallest absolute Gasteiger partial charge is 0.150 e. The molecule has 1 aliphatic carbocycles. The van der Waals surface area contributed by atoms with Gasteiger partial charge in [-0.1, -0.05) is 0 Å². The standard InChI is InChI=1S/C17H31NO4S/c1-23(19,20)15-9-7-13(8-10-15)16-5-2-6-17(18-16)22-12-14-4-3-11-21-14/h13-18H,2-12H2,1H3. The van der Waals surface area contributed by atoms with Crippen molar-refractivity contribution >= 4 is 9.84 Å². The number of hydrogen-bond donors (Lipinski definition) is 1. The quantitative estimate of drug-likeness (QED) is 0.828. The summed E-state index contributed by atoms with van der Waals surface area (Å²) >= 11 is 0. The number of ether oxygens (including phenoxy) is 2. The van der Waals surface area contributed by atoms with Gasteiger partial charge in [-0.25, -0.2) is 8.42 Å². The van der Waals surface area contributed by atoms with E-state index in [0.29, 0.717) is 18.6 Å². The van der Waals surface area contributed by atoms with Crippen LogP contribution in [0.25, 0.3) is 0 Å². The molecule has 0 amide bonds. The molecule has 3 aliphatic rings. The summed E-state index contributed by atoms with van der Waals surface area (Å²) in [5.41, 5.74) is 0. The SMILES string of the molecule is CS(=O)(=O)C1CCC(C2CCCC(OCC3CCCO3)N2)CC1. The maximum atomic E-state index is 11.7. The van der Waals surface area contributed by atoms with Crippen molar-refractivity contribution in [3.05, 3.63) is 0 Å². The summed E-state index contributed by atoms with van der Waals surface area (Å²) in [6, 6.07) is 0.485. The van der Waals surface area contributed by atoms with Crippen molar-refractivity contribution in [3.8, 4) is 0 Å². The van der Waals surface area contributed by atoms with Crippen LogP contribution in [-0.2, 0) is 19.3 Å². The maximum absolute atomic E-state index is 11.7. The molecular formula is C17H31NO4S. The molecule has 0 radical (unpaired) electrons. The van der Waals surface area contributed by atoms with Crippen molar-refractivity contribution in [2.45, 2.75) is 81.4 Å². The summed E-state index contributed by atoms with van der Waals surface area (Å²) in [5, 5.41) is 3.56. The van der Waals surface area contributed by atoms with Gasteiger partial charge in [0.25, 0.3) is 0 Å². The minimum absolute atomic E-state index is 0.117. The number of sulfone groups is 1. The summed E-state index contributed by atoms with van der Waals surface area (Å²) in [5.74, 6) is 0.599. The molecule has 0 aromatic rings. The predicted molar refractivity (Wildman–Crippen MR) is 90.1 cm³/mol. The normalized spacial score (nSPS) is 39.4. The lowest BCUT2D eigenvalue weighted by Gasteiger charge is -2.39. The van der Waals surface area contributed by atoms with Crippen LogP contribution in [0.2, 0.25) is 0 Å². The Morgan fingerprint density at radius 3 is 2.48 bits per heavy atom. The molecule has 0 aromatic carbocycles. The average molecular weight is 346 g/mol. The number of nitrogens with one attached hydrogen (secondary N) is 1. The third kappa shape index (κ3) is 4.91. The molecule has 0 spiro atoms. The zero-order valence-electron chi connectivity index (χ0n) is 14.2. The van der Waals surface area contributed by atoms with Gasteiger partial charge in [0.15, 0.2) is 0 Å². The van der Waals surface area contributed by atoms with E-state index in [2.05, 4.69) is 5.32 Å². The Balaban J connectivity index is 1.43. The maximum Gasteiger partial charge on any atom is 0.150 e. The first-order chi connectivity index (χ1) is 11.0. The van der Waals surface area contributed by atoms with E-state index in [4.69, 9.17) is 9.47 Å². The predicted octanol–water partition coefficient (Wildman–Crippen LogP) is 2.25. The average Bonchev–Trinajstić information content (AvgIpc) is 3.06. The van der Waals surface area contributed by atoms with Crippen LogP contribution in [0.5, 0.6) is 0 Å².